The molecule has 0 aromatic heterocycles. The largest absolute Gasteiger partial charge is 0.348 e. The molecule has 3 heteroatoms. The molecule has 1 aliphatic heterocycles. The maximum absolute atomic E-state index is 11.3. The van der Waals surface area contributed by atoms with Gasteiger partial charge in [0.05, 0.1) is 11.4 Å². The van der Waals surface area contributed by atoms with Crippen LogP contribution in [0.5, 0.6) is 0 Å². The molecule has 0 saturated carbocycles. The third-order valence-electron chi connectivity index (χ3n) is 1.93. The smallest absolute Gasteiger partial charge is 0.287 e. The number of nitrogens with zero attached hydrogens (tertiary/aromatic N) is 2. The minimum atomic E-state index is -0.207. The second kappa shape index (κ2) is 2.94. The molecule has 1 radical (unpaired) electrons. The standard InChI is InChI=1S/C10H9N2O/c1-2-7-12-9-6-4-3-5-8(9)11-10(12)13/h2-6H,1,7H2. The van der Waals surface area contributed by atoms with Gasteiger partial charge in [0, 0.05) is 6.54 Å². The fourth-order valence-corrected chi connectivity index (χ4v) is 1.36. The zero-order chi connectivity index (χ0) is 9.26. The number of carbonyl (C=O) groups is 1. The average Bonchev–Trinajstić information content (AvgIpc) is 2.44. The minimum Gasteiger partial charge on any atom is -0.287 e. The van der Waals surface area contributed by atoms with Gasteiger partial charge < -0.3 is 0 Å². The summed E-state index contributed by atoms with van der Waals surface area (Å²) in [5.74, 6) is 0. The van der Waals surface area contributed by atoms with Gasteiger partial charge in [0.15, 0.2) is 0 Å². The zero-order valence-electron chi connectivity index (χ0n) is 7.10. The summed E-state index contributed by atoms with van der Waals surface area (Å²) in [5.41, 5.74) is 1.61. The van der Waals surface area contributed by atoms with Crippen LogP contribution in [-0.4, -0.2) is 12.6 Å². The van der Waals surface area contributed by atoms with Gasteiger partial charge in [0.2, 0.25) is 0 Å². The van der Waals surface area contributed by atoms with Gasteiger partial charge in [-0.05, 0) is 12.1 Å². The van der Waals surface area contributed by atoms with Crippen molar-refractivity contribution in [3.05, 3.63) is 36.9 Å². The molecule has 2 rings (SSSR count). The second-order valence-corrected chi connectivity index (χ2v) is 2.78. The monoisotopic (exact) mass is 173 g/mol. The Morgan fingerprint density at radius 3 is 3.00 bits per heavy atom. The van der Waals surface area contributed by atoms with Gasteiger partial charge in [-0.2, -0.15) is 5.32 Å². The number of fused-ring (bicyclic) bond motifs is 1. The number of urea groups is 1. The zero-order valence-corrected chi connectivity index (χ0v) is 7.10. The van der Waals surface area contributed by atoms with E-state index in [-0.39, 0.29) is 6.03 Å². The van der Waals surface area contributed by atoms with E-state index >= 15 is 0 Å². The first kappa shape index (κ1) is 7.86. The predicted octanol–water partition coefficient (Wildman–Crippen LogP) is 2.05. The number of amides is 2. The summed E-state index contributed by atoms with van der Waals surface area (Å²) in [5, 5.41) is 3.89. The number of hydrogen-bond donors (Lipinski definition) is 0. The Labute approximate surface area is 76.7 Å². The van der Waals surface area contributed by atoms with E-state index in [0.717, 1.165) is 11.4 Å². The molecule has 1 aromatic rings. The van der Waals surface area contributed by atoms with Crippen molar-refractivity contribution in [3.63, 3.8) is 0 Å². The fourth-order valence-electron chi connectivity index (χ4n) is 1.36. The summed E-state index contributed by atoms with van der Waals surface area (Å²) in [4.78, 5) is 12.9. The number of hydrogen-bond acceptors (Lipinski definition) is 1. The van der Waals surface area contributed by atoms with Crippen LogP contribution in [0.25, 0.3) is 0 Å². The Morgan fingerprint density at radius 1 is 1.46 bits per heavy atom. The number of benzene rings is 1. The molecule has 0 aliphatic carbocycles. The van der Waals surface area contributed by atoms with Gasteiger partial charge in [-0.15, -0.1) is 6.58 Å². The lowest BCUT2D eigenvalue weighted by Gasteiger charge is -2.11. The molecule has 0 fully saturated rings. The Hall–Kier alpha value is -1.77. The number of rotatable bonds is 2. The molecular weight excluding hydrogens is 164 g/mol. The van der Waals surface area contributed by atoms with Crippen molar-refractivity contribution in [2.75, 3.05) is 11.4 Å². The van der Waals surface area contributed by atoms with E-state index < -0.39 is 0 Å². The van der Waals surface area contributed by atoms with Crippen LogP contribution in [0.3, 0.4) is 0 Å². The van der Waals surface area contributed by atoms with Gasteiger partial charge in [-0.3, -0.25) is 4.90 Å². The number of anilines is 1. The maximum Gasteiger partial charge on any atom is 0.348 e. The Kier molecular flexibility index (Phi) is 1.77. The van der Waals surface area contributed by atoms with E-state index in [9.17, 15) is 4.79 Å². The van der Waals surface area contributed by atoms with Crippen molar-refractivity contribution in [2.45, 2.75) is 0 Å². The molecular formula is C10H9N2O. The summed E-state index contributed by atoms with van der Waals surface area (Å²) in [7, 11) is 0. The lowest BCUT2D eigenvalue weighted by molar-refractivity contribution is 0.251. The summed E-state index contributed by atoms with van der Waals surface area (Å²) in [6.45, 7) is 4.11. The van der Waals surface area contributed by atoms with Crippen molar-refractivity contribution < 1.29 is 4.79 Å². The minimum absolute atomic E-state index is 0.207. The van der Waals surface area contributed by atoms with Gasteiger partial charge in [0.25, 0.3) is 0 Å². The molecule has 0 N–H and O–H groups in total. The van der Waals surface area contributed by atoms with Gasteiger partial charge in [-0.1, -0.05) is 18.2 Å². The van der Waals surface area contributed by atoms with Crippen molar-refractivity contribution in [3.8, 4) is 0 Å². The molecule has 3 nitrogen and oxygen atoms in total. The molecule has 0 atom stereocenters. The topological polar surface area (TPSA) is 34.4 Å². The van der Waals surface area contributed by atoms with Crippen molar-refractivity contribution in [1.29, 1.82) is 0 Å². The lowest BCUT2D eigenvalue weighted by atomic mass is 10.2. The van der Waals surface area contributed by atoms with Crippen molar-refractivity contribution in [1.82, 2.24) is 5.32 Å². The van der Waals surface area contributed by atoms with Gasteiger partial charge >= 0.3 is 6.03 Å². The SMILES string of the molecule is C=CCN1C(=O)[N]c2ccccc21. The molecule has 65 valence electrons. The summed E-state index contributed by atoms with van der Waals surface area (Å²) >= 11 is 0. The van der Waals surface area contributed by atoms with E-state index in [4.69, 9.17) is 0 Å². The van der Waals surface area contributed by atoms with Crippen molar-refractivity contribution in [2.24, 2.45) is 0 Å². The summed E-state index contributed by atoms with van der Waals surface area (Å²) in [6, 6.07) is 7.26. The molecule has 1 heterocycles. The number of para-hydroxylation sites is 2. The highest BCUT2D eigenvalue weighted by atomic mass is 16.2. The van der Waals surface area contributed by atoms with Crippen molar-refractivity contribution >= 4 is 17.4 Å². The van der Waals surface area contributed by atoms with Crippen LogP contribution in [0.4, 0.5) is 16.2 Å². The Balaban J connectivity index is 2.40. The first-order valence-corrected chi connectivity index (χ1v) is 4.06. The van der Waals surface area contributed by atoms with E-state index in [2.05, 4.69) is 11.9 Å². The summed E-state index contributed by atoms with van der Waals surface area (Å²) < 4.78 is 0. The average molecular weight is 173 g/mol. The van der Waals surface area contributed by atoms with Gasteiger partial charge in [0.1, 0.15) is 0 Å². The second-order valence-electron chi connectivity index (χ2n) is 2.78. The van der Waals surface area contributed by atoms with Crippen LogP contribution >= 0.6 is 0 Å². The van der Waals surface area contributed by atoms with Crippen LogP contribution in [0.15, 0.2) is 36.9 Å². The third-order valence-corrected chi connectivity index (χ3v) is 1.93. The molecule has 0 unspecified atom stereocenters. The lowest BCUT2D eigenvalue weighted by Crippen LogP contribution is -2.27. The third kappa shape index (κ3) is 1.18. The van der Waals surface area contributed by atoms with E-state index in [1.807, 2.05) is 24.3 Å². The normalized spacial score (nSPS) is 13.8. The van der Waals surface area contributed by atoms with Crippen LogP contribution in [0.1, 0.15) is 0 Å². The Bertz CT molecular complexity index is 360. The Morgan fingerprint density at radius 2 is 2.23 bits per heavy atom. The molecule has 0 spiro atoms. The highest BCUT2D eigenvalue weighted by Crippen LogP contribution is 2.31. The van der Waals surface area contributed by atoms with Crippen LogP contribution in [-0.2, 0) is 0 Å². The highest BCUT2D eigenvalue weighted by Gasteiger charge is 2.26. The van der Waals surface area contributed by atoms with Crippen LogP contribution in [0.2, 0.25) is 0 Å². The summed E-state index contributed by atoms with van der Waals surface area (Å²) in [6.07, 6.45) is 1.69. The molecule has 1 aliphatic rings. The first-order chi connectivity index (χ1) is 6.33. The molecule has 13 heavy (non-hydrogen) atoms. The number of carbonyl (C=O) groups excluding carboxylic acids is 1. The highest BCUT2D eigenvalue weighted by molar-refractivity contribution is 6.04. The van der Waals surface area contributed by atoms with Crippen LogP contribution in [0, 0.1) is 0 Å². The van der Waals surface area contributed by atoms with Crippen LogP contribution < -0.4 is 10.2 Å². The predicted molar refractivity (Wildman–Crippen MR) is 51.2 cm³/mol. The van der Waals surface area contributed by atoms with E-state index in [1.165, 1.54) is 0 Å². The molecule has 1 aromatic carbocycles. The van der Waals surface area contributed by atoms with E-state index in [1.54, 1.807) is 11.0 Å². The first-order valence-electron chi connectivity index (χ1n) is 4.06. The molecule has 0 bridgehead atoms. The molecule has 0 saturated heterocycles. The van der Waals surface area contributed by atoms with E-state index in [0.29, 0.717) is 6.54 Å². The fraction of sp³-hybridized carbons (Fsp3) is 0.100. The maximum atomic E-state index is 11.3. The quantitative estimate of drug-likeness (QED) is 0.630. The van der Waals surface area contributed by atoms with Gasteiger partial charge in [-0.25, -0.2) is 4.79 Å². The molecule has 2 amide bonds.